The van der Waals surface area contributed by atoms with Crippen molar-refractivity contribution in [1.29, 1.82) is 0 Å². The number of pyridine rings is 1. The van der Waals surface area contributed by atoms with Crippen molar-refractivity contribution in [2.75, 3.05) is 0 Å². The molecule has 0 spiro atoms. The zero-order valence-corrected chi connectivity index (χ0v) is 9.27. The maximum absolute atomic E-state index is 11.2. The minimum atomic E-state index is -0.117. The average molecular weight is 207 g/mol. The zero-order chi connectivity index (χ0) is 11.1. The minimum Gasteiger partial charge on any atom is -0.462 e. The van der Waals surface area contributed by atoms with E-state index < -0.39 is 0 Å². The van der Waals surface area contributed by atoms with E-state index in [0.29, 0.717) is 6.42 Å². The molecule has 1 atom stereocenters. The van der Waals surface area contributed by atoms with Crippen molar-refractivity contribution in [3.05, 3.63) is 30.1 Å². The largest absolute Gasteiger partial charge is 0.462 e. The molecule has 0 aliphatic heterocycles. The second kappa shape index (κ2) is 6.17. The fourth-order valence-electron chi connectivity index (χ4n) is 1.38. The van der Waals surface area contributed by atoms with Gasteiger partial charge in [-0.15, -0.1) is 0 Å². The predicted octanol–water partition coefficient (Wildman–Crippen LogP) is 2.36. The Bertz CT molecular complexity index is 298. The molecule has 15 heavy (non-hydrogen) atoms. The van der Waals surface area contributed by atoms with Crippen LogP contribution in [0, 0.1) is 0 Å². The molecule has 3 nitrogen and oxygen atoms in total. The Morgan fingerprint density at radius 1 is 1.60 bits per heavy atom. The Morgan fingerprint density at radius 2 is 2.40 bits per heavy atom. The summed E-state index contributed by atoms with van der Waals surface area (Å²) in [7, 11) is 0. The Balaban J connectivity index is 2.36. The SMILES string of the molecule is CCCC(=O)O[C@@H](C)Cc1cccnc1. The molecule has 0 aromatic carbocycles. The maximum Gasteiger partial charge on any atom is 0.306 e. The van der Waals surface area contributed by atoms with Gasteiger partial charge in [-0.1, -0.05) is 13.0 Å². The third-order valence-electron chi connectivity index (χ3n) is 2.03. The van der Waals surface area contributed by atoms with E-state index in [1.165, 1.54) is 0 Å². The van der Waals surface area contributed by atoms with E-state index in [1.807, 2.05) is 26.0 Å². The molecule has 0 amide bonds. The first-order valence-electron chi connectivity index (χ1n) is 5.30. The van der Waals surface area contributed by atoms with Gasteiger partial charge >= 0.3 is 5.97 Å². The summed E-state index contributed by atoms with van der Waals surface area (Å²) in [5.41, 5.74) is 1.09. The van der Waals surface area contributed by atoms with Crippen molar-refractivity contribution in [3.63, 3.8) is 0 Å². The fourth-order valence-corrected chi connectivity index (χ4v) is 1.38. The van der Waals surface area contributed by atoms with Gasteiger partial charge in [0.15, 0.2) is 0 Å². The lowest BCUT2D eigenvalue weighted by atomic mass is 10.1. The number of carbonyl (C=O) groups is 1. The lowest BCUT2D eigenvalue weighted by Crippen LogP contribution is -2.16. The molecule has 3 heteroatoms. The summed E-state index contributed by atoms with van der Waals surface area (Å²) in [6, 6.07) is 3.87. The number of aromatic nitrogens is 1. The molecule has 0 saturated carbocycles. The number of nitrogens with zero attached hydrogens (tertiary/aromatic N) is 1. The fraction of sp³-hybridized carbons (Fsp3) is 0.500. The molecule has 0 aliphatic carbocycles. The number of ether oxygens (including phenoxy) is 1. The smallest absolute Gasteiger partial charge is 0.306 e. The molecular formula is C12H17NO2. The molecule has 0 fully saturated rings. The molecule has 0 aliphatic rings. The molecule has 0 radical (unpaired) electrons. The highest BCUT2D eigenvalue weighted by molar-refractivity contribution is 5.69. The highest BCUT2D eigenvalue weighted by Crippen LogP contribution is 2.05. The van der Waals surface area contributed by atoms with Crippen LogP contribution < -0.4 is 0 Å². The van der Waals surface area contributed by atoms with Crippen molar-refractivity contribution >= 4 is 5.97 Å². The van der Waals surface area contributed by atoms with E-state index in [-0.39, 0.29) is 12.1 Å². The molecular weight excluding hydrogens is 190 g/mol. The second-order valence-corrected chi connectivity index (χ2v) is 3.62. The first-order valence-corrected chi connectivity index (χ1v) is 5.30. The molecule has 0 N–H and O–H groups in total. The number of hydrogen-bond acceptors (Lipinski definition) is 3. The van der Waals surface area contributed by atoms with E-state index in [0.717, 1.165) is 18.4 Å². The lowest BCUT2D eigenvalue weighted by molar-refractivity contribution is -0.148. The third-order valence-corrected chi connectivity index (χ3v) is 2.03. The standard InChI is InChI=1S/C12H17NO2/c1-3-5-12(14)15-10(2)8-11-6-4-7-13-9-11/h4,6-7,9-10H,3,5,8H2,1-2H3/t10-/m0/s1. The van der Waals surface area contributed by atoms with Crippen molar-refractivity contribution in [2.24, 2.45) is 0 Å². The van der Waals surface area contributed by atoms with Gasteiger partial charge in [0, 0.05) is 25.2 Å². The summed E-state index contributed by atoms with van der Waals surface area (Å²) < 4.78 is 5.23. The van der Waals surface area contributed by atoms with Crippen molar-refractivity contribution in [2.45, 2.75) is 39.2 Å². The maximum atomic E-state index is 11.2. The van der Waals surface area contributed by atoms with Crippen LogP contribution in [0.4, 0.5) is 0 Å². The Hall–Kier alpha value is -1.38. The Labute approximate surface area is 90.5 Å². The van der Waals surface area contributed by atoms with Crippen molar-refractivity contribution < 1.29 is 9.53 Å². The highest BCUT2D eigenvalue weighted by atomic mass is 16.5. The normalized spacial score (nSPS) is 12.1. The van der Waals surface area contributed by atoms with Gasteiger partial charge in [-0.2, -0.15) is 0 Å². The van der Waals surface area contributed by atoms with Crippen LogP contribution in [0.25, 0.3) is 0 Å². The van der Waals surface area contributed by atoms with Gasteiger partial charge in [0.05, 0.1) is 0 Å². The summed E-state index contributed by atoms with van der Waals surface area (Å²) in [6.07, 6.45) is 5.51. The summed E-state index contributed by atoms with van der Waals surface area (Å²) in [5, 5.41) is 0. The van der Waals surface area contributed by atoms with Crippen molar-refractivity contribution in [1.82, 2.24) is 4.98 Å². The molecule has 1 aromatic heterocycles. The second-order valence-electron chi connectivity index (χ2n) is 3.62. The number of hydrogen-bond donors (Lipinski definition) is 0. The van der Waals surface area contributed by atoms with Gasteiger partial charge < -0.3 is 4.74 Å². The Kier molecular flexibility index (Phi) is 4.81. The first kappa shape index (κ1) is 11.7. The number of esters is 1. The van der Waals surface area contributed by atoms with Crippen LogP contribution in [0.3, 0.4) is 0 Å². The predicted molar refractivity (Wildman–Crippen MR) is 58.4 cm³/mol. The molecule has 0 bridgehead atoms. The van der Waals surface area contributed by atoms with Gasteiger partial charge in [-0.05, 0) is 25.0 Å². The van der Waals surface area contributed by atoms with Crippen LogP contribution in [-0.2, 0) is 16.0 Å². The van der Waals surface area contributed by atoms with Crippen LogP contribution in [-0.4, -0.2) is 17.1 Å². The quantitative estimate of drug-likeness (QED) is 0.696. The summed E-state index contributed by atoms with van der Waals surface area (Å²) in [5.74, 6) is -0.117. The molecule has 0 saturated heterocycles. The summed E-state index contributed by atoms with van der Waals surface area (Å²) in [4.78, 5) is 15.2. The van der Waals surface area contributed by atoms with Gasteiger partial charge in [0.1, 0.15) is 6.10 Å². The van der Waals surface area contributed by atoms with E-state index in [1.54, 1.807) is 12.4 Å². The lowest BCUT2D eigenvalue weighted by Gasteiger charge is -2.12. The number of rotatable bonds is 5. The number of carbonyl (C=O) groups excluding carboxylic acids is 1. The van der Waals surface area contributed by atoms with Gasteiger partial charge in [-0.25, -0.2) is 0 Å². The van der Waals surface area contributed by atoms with Crippen molar-refractivity contribution in [3.8, 4) is 0 Å². The highest BCUT2D eigenvalue weighted by Gasteiger charge is 2.08. The summed E-state index contributed by atoms with van der Waals surface area (Å²) >= 11 is 0. The molecule has 1 rings (SSSR count). The van der Waals surface area contributed by atoms with E-state index in [4.69, 9.17) is 4.74 Å². The van der Waals surface area contributed by atoms with Crippen LogP contribution in [0.15, 0.2) is 24.5 Å². The third kappa shape index (κ3) is 4.58. The monoisotopic (exact) mass is 207 g/mol. The van der Waals surface area contributed by atoms with Crippen LogP contribution in [0.5, 0.6) is 0 Å². The van der Waals surface area contributed by atoms with Gasteiger partial charge in [-0.3, -0.25) is 9.78 Å². The van der Waals surface area contributed by atoms with E-state index in [9.17, 15) is 4.79 Å². The Morgan fingerprint density at radius 3 is 3.00 bits per heavy atom. The average Bonchev–Trinajstić information content (AvgIpc) is 2.19. The van der Waals surface area contributed by atoms with Crippen LogP contribution in [0.1, 0.15) is 32.3 Å². The van der Waals surface area contributed by atoms with Gasteiger partial charge in [0.2, 0.25) is 0 Å². The summed E-state index contributed by atoms with van der Waals surface area (Å²) in [6.45, 7) is 3.87. The van der Waals surface area contributed by atoms with E-state index in [2.05, 4.69) is 4.98 Å². The molecule has 1 heterocycles. The molecule has 0 unspecified atom stereocenters. The van der Waals surface area contributed by atoms with E-state index >= 15 is 0 Å². The van der Waals surface area contributed by atoms with Gasteiger partial charge in [0.25, 0.3) is 0 Å². The first-order chi connectivity index (χ1) is 7.22. The zero-order valence-electron chi connectivity index (χ0n) is 9.27. The van der Waals surface area contributed by atoms with Crippen LogP contribution in [0.2, 0.25) is 0 Å². The molecule has 1 aromatic rings. The van der Waals surface area contributed by atoms with Crippen LogP contribution >= 0.6 is 0 Å². The minimum absolute atomic E-state index is 0.0757. The topological polar surface area (TPSA) is 39.2 Å². The molecule has 82 valence electrons.